The van der Waals surface area contributed by atoms with Crippen molar-refractivity contribution in [1.29, 1.82) is 0 Å². The van der Waals surface area contributed by atoms with Crippen molar-refractivity contribution in [1.82, 2.24) is 15.1 Å². The van der Waals surface area contributed by atoms with Gasteiger partial charge in [0.2, 0.25) is 0 Å². The summed E-state index contributed by atoms with van der Waals surface area (Å²) in [6, 6.07) is 0. The zero-order valence-corrected chi connectivity index (χ0v) is 29.3. The van der Waals surface area contributed by atoms with Crippen LogP contribution in [0.1, 0.15) is 118 Å². The Bertz CT molecular complexity index is 960. The summed E-state index contributed by atoms with van der Waals surface area (Å²) >= 11 is 0. The number of alkyl carbamates (subject to hydrolysis) is 1. The lowest BCUT2D eigenvalue weighted by atomic mass is 9.47. The number of nitrogens with two attached hydrogens (primary N) is 1. The number of hydrogen-bond acceptors (Lipinski definition) is 5. The Labute approximate surface area is 270 Å². The van der Waals surface area contributed by atoms with Crippen LogP contribution in [-0.2, 0) is 4.74 Å². The van der Waals surface area contributed by atoms with Gasteiger partial charge in [-0.2, -0.15) is 0 Å². The van der Waals surface area contributed by atoms with Gasteiger partial charge in [-0.1, -0.05) is 65.5 Å². The molecule has 1 saturated heterocycles. The minimum atomic E-state index is -0.215. The fourth-order valence-corrected chi connectivity index (χ4v) is 11.0. The van der Waals surface area contributed by atoms with Gasteiger partial charge in [-0.3, -0.25) is 0 Å². The third kappa shape index (κ3) is 7.71. The van der Waals surface area contributed by atoms with E-state index < -0.39 is 0 Å². The highest BCUT2D eigenvalue weighted by Crippen LogP contribution is 2.67. The average Bonchev–Trinajstić information content (AvgIpc) is 3.36. The van der Waals surface area contributed by atoms with Gasteiger partial charge >= 0.3 is 6.09 Å². The van der Waals surface area contributed by atoms with Crippen LogP contribution in [0, 0.1) is 46.3 Å². The molecule has 0 aromatic heterocycles. The molecule has 0 aromatic rings. The topological polar surface area (TPSA) is 70.8 Å². The number of nitrogens with one attached hydrogen (secondary N) is 1. The zero-order chi connectivity index (χ0) is 31.3. The van der Waals surface area contributed by atoms with Crippen molar-refractivity contribution in [3.63, 3.8) is 0 Å². The smallest absolute Gasteiger partial charge is 0.407 e. The van der Waals surface area contributed by atoms with E-state index in [1.54, 1.807) is 5.57 Å². The van der Waals surface area contributed by atoms with E-state index in [0.717, 1.165) is 107 Å². The number of fused-ring (bicyclic) bond motifs is 5. The number of ether oxygens (including phenoxy) is 1. The highest BCUT2D eigenvalue weighted by Gasteiger charge is 2.59. The highest BCUT2D eigenvalue weighted by molar-refractivity contribution is 5.67. The van der Waals surface area contributed by atoms with Crippen LogP contribution in [0.2, 0.25) is 0 Å². The molecule has 6 nitrogen and oxygen atoms in total. The van der Waals surface area contributed by atoms with Gasteiger partial charge in [0.1, 0.15) is 6.10 Å². The highest BCUT2D eigenvalue weighted by atomic mass is 16.6. The fraction of sp³-hybridized carbons (Fsp3) is 0.921. The van der Waals surface area contributed by atoms with Crippen LogP contribution in [-0.4, -0.2) is 74.4 Å². The molecule has 8 unspecified atom stereocenters. The van der Waals surface area contributed by atoms with Gasteiger partial charge in [0.15, 0.2) is 0 Å². The second kappa shape index (κ2) is 15.2. The van der Waals surface area contributed by atoms with Crippen LogP contribution in [0.4, 0.5) is 4.79 Å². The molecule has 3 N–H and O–H groups in total. The Morgan fingerprint density at radius 3 is 2.39 bits per heavy atom. The predicted octanol–water partition coefficient (Wildman–Crippen LogP) is 7.48. The second-order valence-electron chi connectivity index (χ2n) is 16.7. The van der Waals surface area contributed by atoms with Crippen LogP contribution >= 0.6 is 0 Å². The molecule has 1 aliphatic heterocycles. The van der Waals surface area contributed by atoms with Gasteiger partial charge < -0.3 is 25.6 Å². The fourth-order valence-electron chi connectivity index (χ4n) is 11.0. The van der Waals surface area contributed by atoms with Crippen LogP contribution in [0.15, 0.2) is 11.6 Å². The number of carbonyl (C=O) groups excluding carboxylic acids is 1. The van der Waals surface area contributed by atoms with E-state index in [1.165, 1.54) is 57.8 Å². The van der Waals surface area contributed by atoms with Gasteiger partial charge in [-0.05, 0) is 124 Å². The average molecular weight is 613 g/mol. The first-order valence-electron chi connectivity index (χ1n) is 18.9. The molecule has 0 spiro atoms. The van der Waals surface area contributed by atoms with Gasteiger partial charge in [0.05, 0.1) is 0 Å². The summed E-state index contributed by atoms with van der Waals surface area (Å²) in [6.07, 6.45) is 18.8. The van der Waals surface area contributed by atoms with E-state index in [0.29, 0.717) is 17.4 Å². The molecule has 4 fully saturated rings. The third-order valence-corrected chi connectivity index (χ3v) is 13.6. The predicted molar refractivity (Wildman–Crippen MR) is 182 cm³/mol. The van der Waals surface area contributed by atoms with Crippen LogP contribution in [0.25, 0.3) is 0 Å². The number of amides is 1. The maximum atomic E-state index is 12.7. The number of piperazine rings is 1. The summed E-state index contributed by atoms with van der Waals surface area (Å²) in [5.41, 5.74) is 8.10. The van der Waals surface area contributed by atoms with Crippen molar-refractivity contribution in [2.75, 3.05) is 52.4 Å². The zero-order valence-electron chi connectivity index (χ0n) is 29.3. The van der Waals surface area contributed by atoms with E-state index in [9.17, 15) is 4.79 Å². The Hall–Kier alpha value is -1.11. The van der Waals surface area contributed by atoms with E-state index in [-0.39, 0.29) is 12.2 Å². The summed E-state index contributed by atoms with van der Waals surface area (Å²) < 4.78 is 6.02. The van der Waals surface area contributed by atoms with Crippen molar-refractivity contribution < 1.29 is 9.53 Å². The lowest BCUT2D eigenvalue weighted by Gasteiger charge is -2.58. The summed E-state index contributed by atoms with van der Waals surface area (Å²) in [5.74, 6) is 5.17. The molecule has 252 valence electrons. The van der Waals surface area contributed by atoms with Crippen molar-refractivity contribution in [3.05, 3.63) is 11.6 Å². The largest absolute Gasteiger partial charge is 0.446 e. The first-order chi connectivity index (χ1) is 21.1. The Morgan fingerprint density at radius 1 is 0.955 bits per heavy atom. The van der Waals surface area contributed by atoms with Gasteiger partial charge in [0, 0.05) is 39.1 Å². The number of nitrogens with zero attached hydrogens (tertiary/aromatic N) is 2. The number of hydrogen-bond donors (Lipinski definition) is 2. The molecule has 1 amide bonds. The molecule has 8 atom stereocenters. The number of rotatable bonds is 13. The molecule has 0 aromatic carbocycles. The molecule has 5 aliphatic rings. The van der Waals surface area contributed by atoms with Gasteiger partial charge in [-0.25, -0.2) is 4.79 Å². The normalized spacial score (nSPS) is 36.7. The first kappa shape index (κ1) is 34.2. The summed E-state index contributed by atoms with van der Waals surface area (Å²) in [7, 11) is 0. The maximum absolute atomic E-state index is 12.7. The van der Waals surface area contributed by atoms with E-state index >= 15 is 0 Å². The quantitative estimate of drug-likeness (QED) is 0.167. The van der Waals surface area contributed by atoms with Crippen molar-refractivity contribution in [3.8, 4) is 0 Å². The van der Waals surface area contributed by atoms with Crippen LogP contribution in [0.3, 0.4) is 0 Å². The molecule has 6 heteroatoms. The summed E-state index contributed by atoms with van der Waals surface area (Å²) in [6.45, 7) is 20.7. The molecule has 1 heterocycles. The molecular weight excluding hydrogens is 544 g/mol. The Balaban J connectivity index is 1.06. The molecule has 0 bridgehead atoms. The third-order valence-electron chi connectivity index (χ3n) is 13.6. The van der Waals surface area contributed by atoms with Crippen molar-refractivity contribution in [2.24, 2.45) is 52.1 Å². The molecule has 3 saturated carbocycles. The van der Waals surface area contributed by atoms with Gasteiger partial charge in [0.25, 0.3) is 0 Å². The lowest BCUT2D eigenvalue weighted by molar-refractivity contribution is -0.0581. The summed E-state index contributed by atoms with van der Waals surface area (Å²) in [4.78, 5) is 17.8. The first-order valence-corrected chi connectivity index (χ1v) is 18.9. The molecule has 5 rings (SSSR count). The minimum Gasteiger partial charge on any atom is -0.446 e. The van der Waals surface area contributed by atoms with Crippen molar-refractivity contribution in [2.45, 2.75) is 124 Å². The van der Waals surface area contributed by atoms with Crippen molar-refractivity contribution >= 4 is 6.09 Å². The number of allylic oxidation sites excluding steroid dienone is 1. The van der Waals surface area contributed by atoms with E-state index in [4.69, 9.17) is 10.5 Å². The second-order valence-corrected chi connectivity index (χ2v) is 16.7. The minimum absolute atomic E-state index is 0.0314. The maximum Gasteiger partial charge on any atom is 0.407 e. The van der Waals surface area contributed by atoms with E-state index in [2.05, 4.69) is 55.8 Å². The summed E-state index contributed by atoms with van der Waals surface area (Å²) in [5, 5.41) is 3.06. The standard InChI is InChI=1S/C38H68N4O2/c1-28(2)9-6-10-29(3)33-13-14-34-32-12-11-30-27-31(15-17-37(30,4)35(32)16-18-38(33,34)5)44-36(43)40-20-8-22-42-25-23-41(24-26-42)21-7-19-39/h11,28-29,31-35H,6-10,12-27,39H2,1-5H3,(H,40,43). The molecule has 0 radical (unpaired) electrons. The van der Waals surface area contributed by atoms with Crippen LogP contribution in [0.5, 0.6) is 0 Å². The van der Waals surface area contributed by atoms with E-state index in [1.807, 2.05) is 0 Å². The molecule has 4 aliphatic carbocycles. The molecule has 44 heavy (non-hydrogen) atoms. The SMILES string of the molecule is CC(C)CCCC(C)C1CCC2C3CC=C4CC(OC(=O)NCCCN5CCN(CCCN)CC5)CCC4(C)C3CCC12C. The van der Waals surface area contributed by atoms with Crippen LogP contribution < -0.4 is 11.1 Å². The lowest BCUT2D eigenvalue weighted by Crippen LogP contribution is -2.51. The number of carbonyl (C=O) groups is 1. The van der Waals surface area contributed by atoms with Gasteiger partial charge in [-0.15, -0.1) is 0 Å². The monoisotopic (exact) mass is 613 g/mol. The molecular formula is C38H68N4O2. The Kier molecular flexibility index (Phi) is 11.8. The Morgan fingerprint density at radius 2 is 1.68 bits per heavy atom.